The molecular formula is C28H30N4O3. The van der Waals surface area contributed by atoms with E-state index in [4.69, 9.17) is 14.5 Å². The summed E-state index contributed by atoms with van der Waals surface area (Å²) in [7, 11) is 1.63. The Kier molecular flexibility index (Phi) is 6.34. The second kappa shape index (κ2) is 9.58. The van der Waals surface area contributed by atoms with E-state index in [0.717, 1.165) is 33.4 Å². The molecule has 35 heavy (non-hydrogen) atoms. The highest BCUT2D eigenvalue weighted by molar-refractivity contribution is 5.78. The molecular weight excluding hydrogens is 440 g/mol. The van der Waals surface area contributed by atoms with Gasteiger partial charge in [0, 0.05) is 60.1 Å². The van der Waals surface area contributed by atoms with E-state index in [0.29, 0.717) is 49.2 Å². The van der Waals surface area contributed by atoms with Crippen LogP contribution in [-0.2, 0) is 11.3 Å². The van der Waals surface area contributed by atoms with Gasteiger partial charge in [0.05, 0.1) is 24.3 Å². The molecule has 7 heteroatoms. The van der Waals surface area contributed by atoms with Gasteiger partial charge in [-0.1, -0.05) is 31.2 Å². The fourth-order valence-corrected chi connectivity index (χ4v) is 4.90. The lowest BCUT2D eigenvalue weighted by Crippen LogP contribution is -2.24. The largest absolute Gasteiger partial charge is 0.477 e. The number of nitrogens with zero attached hydrogens (tertiary/aromatic N) is 4. The predicted octanol–water partition coefficient (Wildman–Crippen LogP) is 4.55. The van der Waals surface area contributed by atoms with Crippen LogP contribution in [0.4, 0.5) is 0 Å². The highest BCUT2D eigenvalue weighted by Gasteiger charge is 2.49. The number of fused-ring (bicyclic) bond motifs is 1. The molecule has 0 radical (unpaired) electrons. The molecule has 0 spiro atoms. The van der Waals surface area contributed by atoms with Gasteiger partial charge in [0.2, 0.25) is 5.88 Å². The van der Waals surface area contributed by atoms with Crippen LogP contribution in [0.1, 0.15) is 30.1 Å². The zero-order chi connectivity index (χ0) is 24.5. The summed E-state index contributed by atoms with van der Waals surface area (Å²) in [5, 5.41) is 1.15. The van der Waals surface area contributed by atoms with E-state index in [1.54, 1.807) is 23.9 Å². The van der Waals surface area contributed by atoms with Crippen LogP contribution in [0.2, 0.25) is 0 Å². The minimum atomic E-state index is -0.0590. The molecule has 4 aromatic rings. The van der Waals surface area contributed by atoms with Crippen molar-refractivity contribution in [3.8, 4) is 17.0 Å². The smallest absolute Gasteiger partial charge is 0.250 e. The summed E-state index contributed by atoms with van der Waals surface area (Å²) >= 11 is 0. The zero-order valence-corrected chi connectivity index (χ0v) is 20.6. The maximum absolute atomic E-state index is 12.4. The fourth-order valence-electron chi connectivity index (χ4n) is 4.90. The number of ether oxygens (including phenoxy) is 2. The molecule has 3 aromatic heterocycles. The SMILES string of the molecule is COCCn1c(C)c(-c2cnc(C)nc2OCC2C(C)C2c2ccc3ccccc3n2)ccc1=O. The molecule has 1 fully saturated rings. The first-order valence-electron chi connectivity index (χ1n) is 12.0. The Bertz CT molecular complexity index is 1430. The molecule has 0 amide bonds. The van der Waals surface area contributed by atoms with Crippen LogP contribution in [0.25, 0.3) is 22.0 Å². The lowest BCUT2D eigenvalue weighted by Gasteiger charge is -2.16. The zero-order valence-electron chi connectivity index (χ0n) is 20.6. The molecule has 0 saturated heterocycles. The van der Waals surface area contributed by atoms with Crippen LogP contribution in [0, 0.1) is 25.7 Å². The van der Waals surface area contributed by atoms with Crippen LogP contribution >= 0.6 is 0 Å². The van der Waals surface area contributed by atoms with Gasteiger partial charge in [-0.05, 0) is 38.0 Å². The molecule has 5 rings (SSSR count). The van der Waals surface area contributed by atoms with Crippen molar-refractivity contribution >= 4 is 10.9 Å². The van der Waals surface area contributed by atoms with Crippen molar-refractivity contribution in [2.24, 2.45) is 11.8 Å². The van der Waals surface area contributed by atoms with E-state index in [1.165, 1.54) is 0 Å². The lowest BCUT2D eigenvalue weighted by atomic mass is 10.1. The maximum Gasteiger partial charge on any atom is 0.250 e. The Morgan fingerprint density at radius 2 is 1.83 bits per heavy atom. The summed E-state index contributed by atoms with van der Waals surface area (Å²) in [5.74, 6) is 2.40. The molecule has 0 N–H and O–H groups in total. The third-order valence-corrected chi connectivity index (χ3v) is 7.07. The number of para-hydroxylation sites is 1. The van der Waals surface area contributed by atoms with Gasteiger partial charge < -0.3 is 14.0 Å². The number of methoxy groups -OCH3 is 1. The van der Waals surface area contributed by atoms with Gasteiger partial charge in [0.25, 0.3) is 5.56 Å². The standard InChI is InChI=1S/C28H30N4O3/c1-17-23(27(17)25-11-9-20-7-5-6-8-24(20)31-25)16-35-28-22(15-29-19(3)30-28)21-10-12-26(33)32(18(21)2)13-14-34-4/h5-12,15,17,23,27H,13-14,16H2,1-4H3. The Morgan fingerprint density at radius 1 is 1.00 bits per heavy atom. The lowest BCUT2D eigenvalue weighted by molar-refractivity contribution is 0.185. The molecule has 0 aliphatic heterocycles. The van der Waals surface area contributed by atoms with E-state index < -0.39 is 0 Å². The number of aryl methyl sites for hydroxylation is 1. The van der Waals surface area contributed by atoms with Crippen LogP contribution in [-0.4, -0.2) is 39.8 Å². The second-order valence-corrected chi connectivity index (χ2v) is 9.24. The molecule has 0 bridgehead atoms. The number of rotatable bonds is 8. The maximum atomic E-state index is 12.4. The third-order valence-electron chi connectivity index (χ3n) is 7.07. The van der Waals surface area contributed by atoms with Crippen molar-refractivity contribution in [1.82, 2.24) is 19.5 Å². The first kappa shape index (κ1) is 23.2. The van der Waals surface area contributed by atoms with E-state index in [9.17, 15) is 4.79 Å². The molecule has 1 aliphatic rings. The fraction of sp³-hybridized carbons (Fsp3) is 0.357. The summed E-state index contributed by atoms with van der Waals surface area (Å²) in [4.78, 5) is 26.3. The van der Waals surface area contributed by atoms with Crippen molar-refractivity contribution in [1.29, 1.82) is 0 Å². The average Bonchev–Trinajstić information content (AvgIpc) is 3.52. The summed E-state index contributed by atoms with van der Waals surface area (Å²) in [5.41, 5.74) is 4.59. The molecule has 7 nitrogen and oxygen atoms in total. The van der Waals surface area contributed by atoms with Crippen LogP contribution in [0.15, 0.2) is 59.5 Å². The molecule has 3 heterocycles. The number of aromatic nitrogens is 4. The average molecular weight is 471 g/mol. The minimum Gasteiger partial charge on any atom is -0.477 e. The van der Waals surface area contributed by atoms with Crippen LogP contribution < -0.4 is 10.3 Å². The molecule has 1 aromatic carbocycles. The summed E-state index contributed by atoms with van der Waals surface area (Å²) in [6.07, 6.45) is 1.78. The van der Waals surface area contributed by atoms with Crippen molar-refractivity contribution in [2.75, 3.05) is 20.3 Å². The highest BCUT2D eigenvalue weighted by atomic mass is 16.5. The van der Waals surface area contributed by atoms with Gasteiger partial charge in [-0.25, -0.2) is 4.98 Å². The molecule has 1 aliphatic carbocycles. The normalized spacial score (nSPS) is 19.1. The monoisotopic (exact) mass is 470 g/mol. The van der Waals surface area contributed by atoms with Crippen LogP contribution in [0.3, 0.4) is 0 Å². The highest BCUT2D eigenvalue weighted by Crippen LogP contribution is 2.53. The third kappa shape index (κ3) is 4.56. The Balaban J connectivity index is 1.38. The second-order valence-electron chi connectivity index (χ2n) is 9.24. The quantitative estimate of drug-likeness (QED) is 0.376. The van der Waals surface area contributed by atoms with Gasteiger partial charge in [0.1, 0.15) is 5.82 Å². The van der Waals surface area contributed by atoms with Crippen molar-refractivity contribution < 1.29 is 9.47 Å². The van der Waals surface area contributed by atoms with E-state index in [-0.39, 0.29) is 5.56 Å². The van der Waals surface area contributed by atoms with Crippen molar-refractivity contribution in [3.05, 3.63) is 82.3 Å². The van der Waals surface area contributed by atoms with Gasteiger partial charge >= 0.3 is 0 Å². The van der Waals surface area contributed by atoms with E-state index in [2.05, 4.69) is 41.2 Å². The number of benzene rings is 1. The van der Waals surface area contributed by atoms with E-state index in [1.807, 2.05) is 32.0 Å². The molecule has 3 unspecified atom stereocenters. The van der Waals surface area contributed by atoms with Crippen LogP contribution in [0.5, 0.6) is 5.88 Å². The summed E-state index contributed by atoms with van der Waals surface area (Å²) in [6.45, 7) is 7.52. The summed E-state index contributed by atoms with van der Waals surface area (Å²) < 4.78 is 13.2. The van der Waals surface area contributed by atoms with Gasteiger partial charge in [-0.15, -0.1) is 0 Å². The van der Waals surface area contributed by atoms with E-state index >= 15 is 0 Å². The molecule has 180 valence electrons. The number of pyridine rings is 2. The van der Waals surface area contributed by atoms with Gasteiger partial charge in [-0.2, -0.15) is 4.98 Å². The first-order chi connectivity index (χ1) is 17.0. The Hall–Kier alpha value is -3.58. The minimum absolute atomic E-state index is 0.0590. The predicted molar refractivity (Wildman–Crippen MR) is 136 cm³/mol. The first-order valence-corrected chi connectivity index (χ1v) is 12.0. The van der Waals surface area contributed by atoms with Crippen molar-refractivity contribution in [2.45, 2.75) is 33.2 Å². The van der Waals surface area contributed by atoms with Gasteiger partial charge in [0.15, 0.2) is 0 Å². The molecule has 3 atom stereocenters. The van der Waals surface area contributed by atoms with Crippen molar-refractivity contribution in [3.63, 3.8) is 0 Å². The summed E-state index contributed by atoms with van der Waals surface area (Å²) in [6, 6.07) is 15.9. The Labute approximate surface area is 204 Å². The van der Waals surface area contributed by atoms with Gasteiger partial charge in [-0.3, -0.25) is 9.78 Å². The number of hydrogen-bond donors (Lipinski definition) is 0. The Morgan fingerprint density at radius 3 is 2.66 bits per heavy atom. The number of hydrogen-bond acceptors (Lipinski definition) is 6. The topological polar surface area (TPSA) is 79.1 Å². The molecule has 1 saturated carbocycles.